The average molecular weight is 436 g/mol. The number of halogens is 1. The second-order valence-electron chi connectivity index (χ2n) is 7.42. The van der Waals surface area contributed by atoms with Gasteiger partial charge in [-0.1, -0.05) is 43.3 Å². The van der Waals surface area contributed by atoms with Crippen molar-refractivity contribution in [2.45, 2.75) is 33.1 Å². The number of fused-ring (bicyclic) bond motifs is 1. The molecule has 0 atom stereocenters. The van der Waals surface area contributed by atoms with Crippen LogP contribution in [0.5, 0.6) is 5.75 Å². The Morgan fingerprint density at radius 2 is 1.71 bits per heavy atom. The number of nitrogens with one attached hydrogen (secondary N) is 1. The molecule has 0 fully saturated rings. The average Bonchev–Trinajstić information content (AvgIpc) is 3.18. The predicted octanol–water partition coefficient (Wildman–Crippen LogP) is 6.58. The first kappa shape index (κ1) is 21.2. The van der Waals surface area contributed by atoms with Gasteiger partial charge in [0.25, 0.3) is 0 Å². The Kier molecular flexibility index (Phi) is 6.77. The number of thiophene rings is 1. The number of hydrogen-bond donors (Lipinski definition) is 1. The number of aryl methyl sites for hydroxylation is 3. The predicted molar refractivity (Wildman–Crippen MR) is 127 cm³/mol. The SMILES string of the molecule is CCc1nc(NCCCc2ccc(-c3ccc(OCF)cc3)cc2)c2cc(C)sc2n1. The summed E-state index contributed by atoms with van der Waals surface area (Å²) in [5.74, 6) is 2.37. The van der Waals surface area contributed by atoms with Gasteiger partial charge in [-0.25, -0.2) is 14.4 Å². The summed E-state index contributed by atoms with van der Waals surface area (Å²) in [4.78, 5) is 11.7. The van der Waals surface area contributed by atoms with Gasteiger partial charge in [-0.05, 0) is 54.7 Å². The van der Waals surface area contributed by atoms with Gasteiger partial charge >= 0.3 is 0 Å². The number of anilines is 1. The maximum absolute atomic E-state index is 12.2. The summed E-state index contributed by atoms with van der Waals surface area (Å²) in [7, 11) is 0. The number of rotatable bonds is 9. The topological polar surface area (TPSA) is 47.0 Å². The van der Waals surface area contributed by atoms with E-state index < -0.39 is 6.86 Å². The summed E-state index contributed by atoms with van der Waals surface area (Å²) < 4.78 is 17.1. The molecule has 0 spiro atoms. The molecule has 2 heterocycles. The number of nitrogens with zero attached hydrogens (tertiary/aromatic N) is 2. The van der Waals surface area contributed by atoms with Crippen LogP contribution >= 0.6 is 11.3 Å². The van der Waals surface area contributed by atoms with Gasteiger partial charge in [-0.3, -0.25) is 0 Å². The number of ether oxygens (including phenoxy) is 1. The normalized spacial score (nSPS) is 11.1. The molecular formula is C25H26FN3OS. The van der Waals surface area contributed by atoms with E-state index in [0.29, 0.717) is 5.75 Å². The first-order valence-corrected chi connectivity index (χ1v) is 11.4. The quantitative estimate of drug-likeness (QED) is 0.302. The van der Waals surface area contributed by atoms with Crippen molar-refractivity contribution < 1.29 is 9.13 Å². The monoisotopic (exact) mass is 435 g/mol. The smallest absolute Gasteiger partial charge is 0.228 e. The molecule has 0 aliphatic heterocycles. The lowest BCUT2D eigenvalue weighted by molar-refractivity contribution is 0.192. The van der Waals surface area contributed by atoms with Crippen molar-refractivity contribution in [3.63, 3.8) is 0 Å². The maximum atomic E-state index is 12.2. The molecule has 31 heavy (non-hydrogen) atoms. The molecule has 1 N–H and O–H groups in total. The highest BCUT2D eigenvalue weighted by Crippen LogP contribution is 2.29. The Hall–Kier alpha value is -2.99. The van der Waals surface area contributed by atoms with E-state index in [9.17, 15) is 4.39 Å². The largest absolute Gasteiger partial charge is 0.463 e. The van der Waals surface area contributed by atoms with Crippen LogP contribution < -0.4 is 10.1 Å². The third-order valence-electron chi connectivity index (χ3n) is 5.18. The molecule has 0 unspecified atom stereocenters. The highest BCUT2D eigenvalue weighted by atomic mass is 32.1. The number of alkyl halides is 1. The lowest BCUT2D eigenvalue weighted by atomic mass is 10.0. The molecule has 0 aliphatic carbocycles. The van der Waals surface area contributed by atoms with Gasteiger partial charge in [0.15, 0.2) is 0 Å². The van der Waals surface area contributed by atoms with Crippen LogP contribution in [0.4, 0.5) is 10.2 Å². The molecule has 2 aromatic carbocycles. The number of benzene rings is 2. The molecular weight excluding hydrogens is 409 g/mol. The third kappa shape index (κ3) is 5.20. The van der Waals surface area contributed by atoms with E-state index in [1.54, 1.807) is 23.5 Å². The molecule has 4 rings (SSSR count). The summed E-state index contributed by atoms with van der Waals surface area (Å²) in [6.45, 7) is 4.25. The van der Waals surface area contributed by atoms with Crippen molar-refractivity contribution in [3.8, 4) is 16.9 Å². The van der Waals surface area contributed by atoms with Crippen LogP contribution in [0, 0.1) is 6.92 Å². The summed E-state index contributed by atoms with van der Waals surface area (Å²) >= 11 is 1.72. The number of aromatic nitrogens is 2. The van der Waals surface area contributed by atoms with E-state index in [4.69, 9.17) is 9.72 Å². The van der Waals surface area contributed by atoms with Crippen LogP contribution in [-0.4, -0.2) is 23.4 Å². The second-order valence-corrected chi connectivity index (χ2v) is 8.66. The van der Waals surface area contributed by atoms with Crippen LogP contribution in [0.1, 0.15) is 29.6 Å². The van der Waals surface area contributed by atoms with Gasteiger partial charge in [-0.2, -0.15) is 0 Å². The first-order chi connectivity index (χ1) is 15.2. The van der Waals surface area contributed by atoms with Crippen molar-refractivity contribution in [3.05, 3.63) is 70.9 Å². The summed E-state index contributed by atoms with van der Waals surface area (Å²) in [5, 5.41) is 4.63. The fraction of sp³-hybridized carbons (Fsp3) is 0.280. The molecule has 0 saturated heterocycles. The lowest BCUT2D eigenvalue weighted by Crippen LogP contribution is -2.07. The number of hydrogen-bond acceptors (Lipinski definition) is 5. The van der Waals surface area contributed by atoms with Crippen LogP contribution in [0.25, 0.3) is 21.3 Å². The molecule has 4 nitrogen and oxygen atoms in total. The van der Waals surface area contributed by atoms with Gasteiger partial charge in [0.1, 0.15) is 22.2 Å². The zero-order valence-corrected chi connectivity index (χ0v) is 18.6. The van der Waals surface area contributed by atoms with Gasteiger partial charge in [0, 0.05) is 17.8 Å². The Morgan fingerprint density at radius 3 is 2.39 bits per heavy atom. The van der Waals surface area contributed by atoms with Crippen LogP contribution in [0.2, 0.25) is 0 Å². The fourth-order valence-corrected chi connectivity index (χ4v) is 4.45. The van der Waals surface area contributed by atoms with Gasteiger partial charge < -0.3 is 10.1 Å². The molecule has 6 heteroatoms. The molecule has 0 bridgehead atoms. The Balaban J connectivity index is 1.34. The van der Waals surface area contributed by atoms with Crippen LogP contribution in [0.3, 0.4) is 0 Å². The zero-order valence-electron chi connectivity index (χ0n) is 17.8. The van der Waals surface area contributed by atoms with Crippen molar-refractivity contribution in [1.82, 2.24) is 9.97 Å². The highest BCUT2D eigenvalue weighted by Gasteiger charge is 2.09. The van der Waals surface area contributed by atoms with E-state index in [1.807, 2.05) is 12.1 Å². The summed E-state index contributed by atoms with van der Waals surface area (Å²) in [5.41, 5.74) is 3.53. The summed E-state index contributed by atoms with van der Waals surface area (Å²) in [6, 6.07) is 18.2. The molecule has 0 aliphatic rings. The van der Waals surface area contributed by atoms with Gasteiger partial charge in [-0.15, -0.1) is 11.3 Å². The van der Waals surface area contributed by atoms with Crippen molar-refractivity contribution in [1.29, 1.82) is 0 Å². The van der Waals surface area contributed by atoms with E-state index in [1.165, 1.54) is 10.4 Å². The molecule has 2 aromatic heterocycles. The van der Waals surface area contributed by atoms with Crippen molar-refractivity contribution >= 4 is 27.4 Å². The van der Waals surface area contributed by atoms with Gasteiger partial charge in [0.2, 0.25) is 6.86 Å². The van der Waals surface area contributed by atoms with E-state index in [2.05, 4.69) is 54.5 Å². The minimum atomic E-state index is -0.808. The Morgan fingerprint density at radius 1 is 1.00 bits per heavy atom. The minimum absolute atomic E-state index is 0.542. The summed E-state index contributed by atoms with van der Waals surface area (Å²) in [6.07, 6.45) is 2.85. The highest BCUT2D eigenvalue weighted by molar-refractivity contribution is 7.18. The van der Waals surface area contributed by atoms with Crippen LogP contribution in [0.15, 0.2) is 54.6 Å². The van der Waals surface area contributed by atoms with Crippen LogP contribution in [-0.2, 0) is 12.8 Å². The molecule has 0 amide bonds. The Bertz CT molecular complexity index is 1140. The van der Waals surface area contributed by atoms with E-state index in [-0.39, 0.29) is 0 Å². The minimum Gasteiger partial charge on any atom is -0.463 e. The van der Waals surface area contributed by atoms with Crippen molar-refractivity contribution in [2.75, 3.05) is 18.7 Å². The van der Waals surface area contributed by atoms with E-state index in [0.717, 1.165) is 58.8 Å². The lowest BCUT2D eigenvalue weighted by Gasteiger charge is -2.09. The zero-order chi connectivity index (χ0) is 21.6. The standard InChI is InChI=1S/C25H26FN3OS/c1-3-23-28-24(22-15-17(2)31-25(22)29-23)27-14-4-5-18-6-8-19(9-7-18)20-10-12-21(13-11-20)30-16-26/h6-13,15H,3-5,14,16H2,1-2H3,(H,27,28,29). The molecule has 4 aromatic rings. The maximum Gasteiger partial charge on any atom is 0.228 e. The Labute approximate surface area is 186 Å². The third-order valence-corrected chi connectivity index (χ3v) is 6.12. The van der Waals surface area contributed by atoms with Gasteiger partial charge in [0.05, 0.1) is 5.39 Å². The molecule has 0 saturated carbocycles. The fourth-order valence-electron chi connectivity index (χ4n) is 3.55. The molecule has 160 valence electrons. The van der Waals surface area contributed by atoms with Crippen molar-refractivity contribution in [2.24, 2.45) is 0 Å². The van der Waals surface area contributed by atoms with E-state index >= 15 is 0 Å². The molecule has 0 radical (unpaired) electrons. The first-order valence-electron chi connectivity index (χ1n) is 10.6. The second kappa shape index (κ2) is 9.88.